The summed E-state index contributed by atoms with van der Waals surface area (Å²) >= 11 is 14.7. The largest absolute Gasteiger partial charge is 0.331 e. The van der Waals surface area contributed by atoms with Crippen molar-refractivity contribution in [2.45, 2.75) is 6.92 Å². The Morgan fingerprint density at radius 2 is 2.05 bits per heavy atom. The third kappa shape index (κ3) is 3.46. The van der Waals surface area contributed by atoms with Crippen LogP contribution in [-0.4, -0.2) is 14.9 Å². The average Bonchev–Trinajstić information content (AvgIpc) is 2.65. The van der Waals surface area contributed by atoms with E-state index < -0.39 is 0 Å². The quantitative estimate of drug-likeness (QED) is 0.797. The standard InChI is InChI=1S/C12H12BrClN4S/c1-7-11(6-15-18(7)2)17-12(19)16-10-4-3-8(13)5-9(10)14/h3-6H,1-2H3,(H2,16,17,19). The van der Waals surface area contributed by atoms with E-state index in [4.69, 9.17) is 23.8 Å². The van der Waals surface area contributed by atoms with E-state index in [2.05, 4.69) is 31.7 Å². The van der Waals surface area contributed by atoms with Gasteiger partial charge in [0.05, 0.1) is 28.3 Å². The molecule has 2 aromatic rings. The minimum atomic E-state index is 0.473. The highest BCUT2D eigenvalue weighted by Crippen LogP contribution is 2.25. The van der Waals surface area contributed by atoms with Gasteiger partial charge in [0, 0.05) is 11.5 Å². The number of hydrogen-bond acceptors (Lipinski definition) is 2. The van der Waals surface area contributed by atoms with Gasteiger partial charge in [0.1, 0.15) is 0 Å². The van der Waals surface area contributed by atoms with Gasteiger partial charge in [-0.1, -0.05) is 27.5 Å². The van der Waals surface area contributed by atoms with Gasteiger partial charge in [-0.05, 0) is 37.3 Å². The topological polar surface area (TPSA) is 41.9 Å². The molecule has 0 radical (unpaired) electrons. The molecule has 0 atom stereocenters. The highest BCUT2D eigenvalue weighted by Gasteiger charge is 2.07. The molecule has 0 amide bonds. The van der Waals surface area contributed by atoms with Gasteiger partial charge in [-0.3, -0.25) is 4.68 Å². The fraction of sp³-hybridized carbons (Fsp3) is 0.167. The molecule has 2 rings (SSSR count). The van der Waals surface area contributed by atoms with E-state index >= 15 is 0 Å². The zero-order valence-corrected chi connectivity index (χ0v) is 13.5. The predicted octanol–water partition coefficient (Wildman–Crippen LogP) is 3.95. The van der Waals surface area contributed by atoms with Crippen LogP contribution in [0.1, 0.15) is 5.69 Å². The van der Waals surface area contributed by atoms with Crippen LogP contribution < -0.4 is 10.6 Å². The van der Waals surface area contributed by atoms with E-state index in [0.717, 1.165) is 21.5 Å². The summed E-state index contributed by atoms with van der Waals surface area (Å²) < 4.78 is 2.70. The van der Waals surface area contributed by atoms with Crippen molar-refractivity contribution >= 4 is 56.2 Å². The molecule has 0 aliphatic rings. The van der Waals surface area contributed by atoms with E-state index in [1.165, 1.54) is 0 Å². The summed E-state index contributed by atoms with van der Waals surface area (Å²) in [4.78, 5) is 0. The van der Waals surface area contributed by atoms with Crippen LogP contribution in [0.2, 0.25) is 5.02 Å². The first-order chi connectivity index (χ1) is 8.97. The van der Waals surface area contributed by atoms with Crippen molar-refractivity contribution < 1.29 is 0 Å². The summed E-state index contributed by atoms with van der Waals surface area (Å²) in [5, 5.41) is 11.4. The number of nitrogens with zero attached hydrogens (tertiary/aromatic N) is 2. The number of thiocarbonyl (C=S) groups is 1. The number of nitrogens with one attached hydrogen (secondary N) is 2. The first-order valence-corrected chi connectivity index (χ1v) is 7.07. The lowest BCUT2D eigenvalue weighted by Gasteiger charge is -2.11. The van der Waals surface area contributed by atoms with Gasteiger partial charge < -0.3 is 10.6 Å². The summed E-state index contributed by atoms with van der Waals surface area (Å²) in [6, 6.07) is 5.56. The van der Waals surface area contributed by atoms with Crippen LogP contribution in [0.4, 0.5) is 11.4 Å². The Labute approximate surface area is 130 Å². The Bertz CT molecular complexity index is 626. The number of halogens is 2. The molecule has 1 aromatic carbocycles. The molecule has 0 aliphatic heterocycles. The highest BCUT2D eigenvalue weighted by molar-refractivity contribution is 9.10. The van der Waals surface area contributed by atoms with Crippen molar-refractivity contribution in [2.24, 2.45) is 7.05 Å². The fourth-order valence-corrected chi connectivity index (χ4v) is 2.43. The second-order valence-corrected chi connectivity index (χ2v) is 5.70. The second kappa shape index (κ2) is 5.90. The molecule has 1 heterocycles. The third-order valence-electron chi connectivity index (χ3n) is 2.66. The van der Waals surface area contributed by atoms with Gasteiger partial charge in [0.2, 0.25) is 0 Å². The predicted molar refractivity (Wildman–Crippen MR) is 86.9 cm³/mol. The normalized spacial score (nSPS) is 10.3. The second-order valence-electron chi connectivity index (χ2n) is 3.97. The summed E-state index contributed by atoms with van der Waals surface area (Å²) in [6.07, 6.45) is 1.73. The van der Waals surface area contributed by atoms with E-state index in [9.17, 15) is 0 Å². The molecule has 0 saturated heterocycles. The maximum absolute atomic E-state index is 6.12. The van der Waals surface area contributed by atoms with Gasteiger partial charge in [-0.2, -0.15) is 5.10 Å². The SMILES string of the molecule is Cc1c(NC(=S)Nc2ccc(Br)cc2Cl)cnn1C. The van der Waals surface area contributed by atoms with Crippen LogP contribution in [0, 0.1) is 6.92 Å². The third-order valence-corrected chi connectivity index (χ3v) is 3.67. The molecular weight excluding hydrogens is 348 g/mol. The van der Waals surface area contributed by atoms with Gasteiger partial charge >= 0.3 is 0 Å². The van der Waals surface area contributed by atoms with Crippen molar-refractivity contribution in [3.05, 3.63) is 39.6 Å². The molecule has 0 fully saturated rings. The molecule has 0 spiro atoms. The molecule has 7 heteroatoms. The molecule has 0 unspecified atom stereocenters. The number of aryl methyl sites for hydroxylation is 1. The molecule has 4 nitrogen and oxygen atoms in total. The maximum atomic E-state index is 6.12. The van der Waals surface area contributed by atoms with Crippen LogP contribution in [0.25, 0.3) is 0 Å². The number of aromatic nitrogens is 2. The van der Waals surface area contributed by atoms with Crippen LogP contribution in [0.3, 0.4) is 0 Å². The number of benzene rings is 1. The molecule has 19 heavy (non-hydrogen) atoms. The Hall–Kier alpha value is -1.11. The zero-order valence-electron chi connectivity index (χ0n) is 10.4. The summed E-state index contributed by atoms with van der Waals surface area (Å²) in [5.41, 5.74) is 2.63. The van der Waals surface area contributed by atoms with Crippen LogP contribution in [-0.2, 0) is 7.05 Å². The van der Waals surface area contributed by atoms with Crippen molar-refractivity contribution in [2.75, 3.05) is 10.6 Å². The first kappa shape index (κ1) is 14.3. The molecule has 2 N–H and O–H groups in total. The number of rotatable bonds is 2. The van der Waals surface area contributed by atoms with Crippen molar-refractivity contribution in [3.8, 4) is 0 Å². The fourth-order valence-electron chi connectivity index (χ4n) is 1.49. The highest BCUT2D eigenvalue weighted by atomic mass is 79.9. The van der Waals surface area contributed by atoms with Crippen molar-refractivity contribution in [1.82, 2.24) is 9.78 Å². The Kier molecular flexibility index (Phi) is 4.44. The monoisotopic (exact) mass is 358 g/mol. The lowest BCUT2D eigenvalue weighted by atomic mass is 10.3. The van der Waals surface area contributed by atoms with Crippen LogP contribution in [0.5, 0.6) is 0 Å². The summed E-state index contributed by atoms with van der Waals surface area (Å²) in [6.45, 7) is 1.96. The van der Waals surface area contributed by atoms with Crippen LogP contribution >= 0.6 is 39.7 Å². The van der Waals surface area contributed by atoms with Gasteiger partial charge in [-0.25, -0.2) is 0 Å². The smallest absolute Gasteiger partial charge is 0.175 e. The van der Waals surface area contributed by atoms with Crippen molar-refractivity contribution in [3.63, 3.8) is 0 Å². The first-order valence-electron chi connectivity index (χ1n) is 5.49. The van der Waals surface area contributed by atoms with E-state index in [-0.39, 0.29) is 0 Å². The van der Waals surface area contributed by atoms with E-state index in [0.29, 0.717) is 10.1 Å². The van der Waals surface area contributed by atoms with Crippen molar-refractivity contribution in [1.29, 1.82) is 0 Å². The van der Waals surface area contributed by atoms with Gasteiger partial charge in [0.25, 0.3) is 0 Å². The Morgan fingerprint density at radius 3 is 2.63 bits per heavy atom. The average molecular weight is 360 g/mol. The van der Waals surface area contributed by atoms with E-state index in [1.807, 2.05) is 32.2 Å². The zero-order chi connectivity index (χ0) is 14.0. The molecule has 0 bridgehead atoms. The molecule has 1 aromatic heterocycles. The minimum absolute atomic E-state index is 0.473. The number of anilines is 2. The van der Waals surface area contributed by atoms with Gasteiger partial charge in [-0.15, -0.1) is 0 Å². The molecule has 0 saturated carbocycles. The summed E-state index contributed by atoms with van der Waals surface area (Å²) in [7, 11) is 1.88. The Morgan fingerprint density at radius 1 is 1.37 bits per heavy atom. The molecular formula is C12H12BrClN4S. The molecule has 100 valence electrons. The minimum Gasteiger partial charge on any atom is -0.331 e. The van der Waals surface area contributed by atoms with Crippen LogP contribution in [0.15, 0.2) is 28.9 Å². The van der Waals surface area contributed by atoms with Gasteiger partial charge in [0.15, 0.2) is 5.11 Å². The lowest BCUT2D eigenvalue weighted by Crippen LogP contribution is -2.19. The lowest BCUT2D eigenvalue weighted by molar-refractivity contribution is 0.740. The van der Waals surface area contributed by atoms with E-state index in [1.54, 1.807) is 10.9 Å². The maximum Gasteiger partial charge on any atom is 0.175 e. The molecule has 0 aliphatic carbocycles. The number of hydrogen-bond donors (Lipinski definition) is 2. The Balaban J connectivity index is 2.07. The summed E-state index contributed by atoms with van der Waals surface area (Å²) in [5.74, 6) is 0.